The number of nitrogens with one attached hydrogen (secondary N) is 2. The Morgan fingerprint density at radius 2 is 1.74 bits per heavy atom. The first-order chi connectivity index (χ1) is 20.4. The molecular weight excluding hydrogens is 587 g/mol. The van der Waals surface area contributed by atoms with E-state index in [-0.39, 0.29) is 31.1 Å². The molecule has 4 N–H and O–H groups in total. The lowest BCUT2D eigenvalue weighted by atomic mass is 10.1. The number of sulfonamides is 1. The number of carbonyl (C=O) groups is 2. The van der Waals surface area contributed by atoms with Crippen LogP contribution in [-0.4, -0.2) is 61.6 Å². The normalized spacial score (nSPS) is 16.6. The number of hydrogen-bond donors (Lipinski definition) is 3. The van der Waals surface area contributed by atoms with E-state index in [0.29, 0.717) is 5.70 Å². The second-order valence-corrected chi connectivity index (χ2v) is 11.4. The molecule has 1 aliphatic heterocycles. The van der Waals surface area contributed by atoms with Crippen LogP contribution in [0.4, 0.5) is 18.0 Å². The van der Waals surface area contributed by atoms with Gasteiger partial charge in [-0.05, 0) is 60.2 Å². The van der Waals surface area contributed by atoms with Gasteiger partial charge in [0.25, 0.3) is 0 Å². The molecule has 1 heterocycles. The van der Waals surface area contributed by atoms with Crippen LogP contribution in [0.2, 0.25) is 0 Å². The number of benzene rings is 2. The number of piperazine rings is 1. The van der Waals surface area contributed by atoms with Crippen molar-refractivity contribution in [2.24, 2.45) is 5.73 Å². The van der Waals surface area contributed by atoms with Crippen molar-refractivity contribution >= 4 is 22.0 Å². The molecule has 2 aromatic rings. The predicted molar refractivity (Wildman–Crippen MR) is 155 cm³/mol. The molecule has 1 saturated heterocycles. The molecule has 3 amide bonds. The van der Waals surface area contributed by atoms with Gasteiger partial charge in [0.2, 0.25) is 15.9 Å². The van der Waals surface area contributed by atoms with E-state index in [0.717, 1.165) is 52.5 Å². The van der Waals surface area contributed by atoms with Gasteiger partial charge in [-0.2, -0.15) is 4.31 Å². The summed E-state index contributed by atoms with van der Waals surface area (Å²) in [4.78, 5) is 27.4. The number of allylic oxidation sites excluding steroid dienone is 3. The minimum atomic E-state index is -4.95. The van der Waals surface area contributed by atoms with Gasteiger partial charge in [-0.3, -0.25) is 4.79 Å². The number of urea groups is 1. The van der Waals surface area contributed by atoms with Crippen LogP contribution in [0.5, 0.6) is 5.75 Å². The number of amides is 3. The van der Waals surface area contributed by atoms with Crippen molar-refractivity contribution in [3.63, 3.8) is 0 Å². The topological polar surface area (TPSA) is 134 Å². The van der Waals surface area contributed by atoms with Gasteiger partial charge in [0, 0.05) is 31.9 Å². The minimum Gasteiger partial charge on any atom is -0.406 e. The Labute approximate surface area is 248 Å². The summed E-state index contributed by atoms with van der Waals surface area (Å²) in [6.45, 7) is 5.13. The van der Waals surface area contributed by atoms with E-state index in [1.54, 1.807) is 0 Å². The first kappa shape index (κ1) is 33.2. The van der Waals surface area contributed by atoms with E-state index in [9.17, 15) is 31.2 Å². The van der Waals surface area contributed by atoms with E-state index in [1.807, 2.05) is 24.3 Å². The van der Waals surface area contributed by atoms with Crippen molar-refractivity contribution in [2.45, 2.75) is 43.6 Å². The monoisotopic (exact) mass is 621 g/mol. The fraction of sp³-hybridized carbons (Fsp3) is 0.310. The molecule has 0 unspecified atom stereocenters. The van der Waals surface area contributed by atoms with Crippen LogP contribution in [0.15, 0.2) is 90.1 Å². The largest absolute Gasteiger partial charge is 0.573 e. The third kappa shape index (κ3) is 9.35. The summed E-state index contributed by atoms with van der Waals surface area (Å²) in [7, 11) is -4.38. The molecule has 1 atom stereocenters. The summed E-state index contributed by atoms with van der Waals surface area (Å²) in [6.07, 6.45) is 2.54. The zero-order valence-corrected chi connectivity index (χ0v) is 24.3. The van der Waals surface area contributed by atoms with E-state index in [4.69, 9.17) is 5.73 Å². The van der Waals surface area contributed by atoms with Crippen LogP contribution >= 0.6 is 0 Å². The lowest BCUT2D eigenvalue weighted by molar-refractivity contribution is -0.274. The van der Waals surface area contributed by atoms with Crippen LogP contribution in [-0.2, 0) is 27.8 Å². The molecule has 10 nitrogen and oxygen atoms in total. The van der Waals surface area contributed by atoms with E-state index in [1.165, 1.54) is 29.3 Å². The molecule has 0 bridgehead atoms. The van der Waals surface area contributed by atoms with Crippen molar-refractivity contribution in [1.29, 1.82) is 0 Å². The summed E-state index contributed by atoms with van der Waals surface area (Å²) in [5.41, 5.74) is 7.69. The van der Waals surface area contributed by atoms with Crippen LogP contribution in [0.25, 0.3) is 0 Å². The van der Waals surface area contributed by atoms with Gasteiger partial charge < -0.3 is 26.0 Å². The highest BCUT2D eigenvalue weighted by molar-refractivity contribution is 7.89. The van der Waals surface area contributed by atoms with Crippen LogP contribution < -0.4 is 21.1 Å². The molecule has 232 valence electrons. The number of carbonyl (C=O) groups excluding carboxylic acids is 2. The first-order valence-corrected chi connectivity index (χ1v) is 14.8. The third-order valence-corrected chi connectivity index (χ3v) is 8.36. The van der Waals surface area contributed by atoms with Crippen LogP contribution in [0, 0.1) is 0 Å². The molecular formula is C29H34F3N5O5S. The SMILES string of the molecule is C=C/C=C(\C=C/N)NC(=O)N1CCN(S(=O)(=O)c2ccc(OC(F)(F)F)cc2)[C@@H](C(=O)NCc2ccc(CCC)cc2)C1. The fourth-order valence-corrected chi connectivity index (χ4v) is 5.96. The summed E-state index contributed by atoms with van der Waals surface area (Å²) in [5, 5.41) is 5.38. The van der Waals surface area contributed by atoms with Gasteiger partial charge in [-0.25, -0.2) is 13.2 Å². The molecule has 0 aromatic heterocycles. The standard InChI is InChI=1S/C29H34F3N5O5S/c1-3-5-21-7-9-22(10-8-21)19-34-27(38)26-20-36(28(39)35-23(6-4-2)15-16-33)17-18-37(26)43(40,41)25-13-11-24(12-14-25)42-29(30,31)32/h4,6-16,26H,2-3,5,17-20,33H2,1H3,(H,34,38)(H,35,39)/b16-15-,23-6+/t26-/m1/s1. The lowest BCUT2D eigenvalue weighted by Gasteiger charge is -2.39. The zero-order chi connectivity index (χ0) is 31.6. The van der Waals surface area contributed by atoms with Crippen molar-refractivity contribution in [3.05, 3.63) is 96.4 Å². The second-order valence-electron chi connectivity index (χ2n) is 9.53. The van der Waals surface area contributed by atoms with Gasteiger partial charge in [0.1, 0.15) is 11.8 Å². The molecule has 1 aliphatic rings. The Kier molecular flexibility index (Phi) is 11.4. The number of halogens is 3. The minimum absolute atomic E-state index is 0.0727. The molecule has 43 heavy (non-hydrogen) atoms. The van der Waals surface area contributed by atoms with Crippen LogP contribution in [0.3, 0.4) is 0 Å². The summed E-state index contributed by atoms with van der Waals surface area (Å²) < 4.78 is 69.7. The fourth-order valence-electron chi connectivity index (χ4n) is 4.39. The Balaban J connectivity index is 1.85. The Morgan fingerprint density at radius 1 is 1.09 bits per heavy atom. The van der Waals surface area contributed by atoms with E-state index >= 15 is 0 Å². The smallest absolute Gasteiger partial charge is 0.406 e. The number of alkyl halides is 3. The molecule has 14 heteroatoms. The van der Waals surface area contributed by atoms with Gasteiger partial charge in [0.05, 0.1) is 4.90 Å². The molecule has 0 aliphatic carbocycles. The lowest BCUT2D eigenvalue weighted by Crippen LogP contribution is -2.62. The van der Waals surface area contributed by atoms with Crippen molar-refractivity contribution < 1.29 is 35.9 Å². The highest BCUT2D eigenvalue weighted by Crippen LogP contribution is 2.27. The molecule has 3 rings (SSSR count). The summed E-state index contributed by atoms with van der Waals surface area (Å²) in [5.74, 6) is -1.25. The van der Waals surface area contributed by atoms with Gasteiger partial charge in [-0.1, -0.05) is 50.3 Å². The third-order valence-electron chi connectivity index (χ3n) is 6.44. The number of ether oxygens (including phenoxy) is 1. The van der Waals surface area contributed by atoms with Gasteiger partial charge in [0.15, 0.2) is 0 Å². The molecule has 0 radical (unpaired) electrons. The zero-order valence-electron chi connectivity index (χ0n) is 23.5. The van der Waals surface area contributed by atoms with E-state index in [2.05, 4.69) is 28.9 Å². The van der Waals surface area contributed by atoms with Crippen LogP contribution in [0.1, 0.15) is 24.5 Å². The number of hydrogen-bond acceptors (Lipinski definition) is 6. The maximum Gasteiger partial charge on any atom is 0.573 e. The highest BCUT2D eigenvalue weighted by atomic mass is 32.2. The number of rotatable bonds is 11. The average Bonchev–Trinajstić information content (AvgIpc) is 2.96. The quantitative estimate of drug-likeness (QED) is 0.327. The highest BCUT2D eigenvalue weighted by Gasteiger charge is 2.41. The Morgan fingerprint density at radius 3 is 2.33 bits per heavy atom. The average molecular weight is 622 g/mol. The van der Waals surface area contributed by atoms with Gasteiger partial charge >= 0.3 is 12.4 Å². The number of aryl methyl sites for hydroxylation is 1. The maximum atomic E-state index is 13.6. The predicted octanol–water partition coefficient (Wildman–Crippen LogP) is 3.78. The second kappa shape index (κ2) is 14.7. The molecule has 0 spiro atoms. The van der Waals surface area contributed by atoms with Crippen molar-refractivity contribution in [3.8, 4) is 5.75 Å². The number of nitrogens with zero attached hydrogens (tertiary/aromatic N) is 2. The number of nitrogens with two attached hydrogens (primary N) is 1. The summed E-state index contributed by atoms with van der Waals surface area (Å²) >= 11 is 0. The molecule has 0 saturated carbocycles. The van der Waals surface area contributed by atoms with Crippen molar-refractivity contribution in [2.75, 3.05) is 19.6 Å². The summed E-state index contributed by atoms with van der Waals surface area (Å²) in [6, 6.07) is 9.37. The molecule has 1 fully saturated rings. The molecule has 2 aromatic carbocycles. The van der Waals surface area contributed by atoms with Crippen molar-refractivity contribution in [1.82, 2.24) is 19.8 Å². The van der Waals surface area contributed by atoms with Gasteiger partial charge in [-0.15, -0.1) is 13.2 Å². The first-order valence-electron chi connectivity index (χ1n) is 13.4. The van der Waals surface area contributed by atoms with E-state index < -0.39 is 40.1 Å². The Bertz CT molecular complexity index is 1440. The Hall–Kier alpha value is -4.30. The maximum absolute atomic E-state index is 13.6.